The van der Waals surface area contributed by atoms with Crippen molar-refractivity contribution >= 4 is 11.6 Å². The van der Waals surface area contributed by atoms with Crippen LogP contribution in [-0.2, 0) is 6.54 Å². The van der Waals surface area contributed by atoms with Gasteiger partial charge in [-0.1, -0.05) is 29.8 Å². The second-order valence-corrected chi connectivity index (χ2v) is 3.71. The van der Waals surface area contributed by atoms with Gasteiger partial charge in [0.05, 0.1) is 0 Å². The molecule has 0 radical (unpaired) electrons. The first kappa shape index (κ1) is 11.1. The first-order valence-corrected chi connectivity index (χ1v) is 4.80. The molecular formula is C11H14ClNO. The third kappa shape index (κ3) is 3.05. The van der Waals surface area contributed by atoms with Crippen molar-refractivity contribution < 1.29 is 5.11 Å². The zero-order chi connectivity index (χ0) is 10.6. The van der Waals surface area contributed by atoms with Crippen molar-refractivity contribution in [3.8, 4) is 5.75 Å². The molecule has 0 aliphatic heterocycles. The number of phenols is 1. The van der Waals surface area contributed by atoms with Crippen LogP contribution in [-0.4, -0.2) is 11.7 Å². The minimum absolute atomic E-state index is 0.228. The Morgan fingerprint density at radius 3 is 2.86 bits per heavy atom. The fraction of sp³-hybridized carbons (Fsp3) is 0.273. The highest BCUT2D eigenvalue weighted by atomic mass is 35.5. The number of hydrogen-bond acceptors (Lipinski definition) is 2. The molecule has 0 spiro atoms. The molecule has 3 heteroatoms. The zero-order valence-electron chi connectivity index (χ0n) is 8.18. The number of nitrogens with one attached hydrogen (secondary N) is 1. The molecule has 2 N–H and O–H groups in total. The van der Waals surface area contributed by atoms with E-state index in [9.17, 15) is 5.11 Å². The van der Waals surface area contributed by atoms with Crippen LogP contribution in [0, 0.1) is 0 Å². The average molecular weight is 212 g/mol. The summed E-state index contributed by atoms with van der Waals surface area (Å²) in [4.78, 5) is 0. The molecule has 1 aromatic carbocycles. The van der Waals surface area contributed by atoms with Crippen LogP contribution in [0.4, 0.5) is 0 Å². The van der Waals surface area contributed by atoms with E-state index in [0.29, 0.717) is 11.6 Å². The van der Waals surface area contributed by atoms with Crippen LogP contribution in [0.3, 0.4) is 0 Å². The first-order chi connectivity index (χ1) is 6.61. The monoisotopic (exact) mass is 211 g/mol. The van der Waals surface area contributed by atoms with Crippen LogP contribution in [0.15, 0.2) is 30.4 Å². The highest BCUT2D eigenvalue weighted by Gasteiger charge is 2.04. The van der Waals surface area contributed by atoms with Crippen LogP contribution >= 0.6 is 11.6 Å². The van der Waals surface area contributed by atoms with Gasteiger partial charge in [0.25, 0.3) is 0 Å². The smallest absolute Gasteiger partial charge is 0.121 e. The van der Waals surface area contributed by atoms with Gasteiger partial charge in [-0.05, 0) is 19.1 Å². The molecule has 0 aliphatic rings. The normalized spacial score (nSPS) is 10.1. The van der Waals surface area contributed by atoms with E-state index in [1.54, 1.807) is 18.2 Å². The minimum atomic E-state index is 0.228. The maximum absolute atomic E-state index is 9.51. The Labute approximate surface area is 89.2 Å². The molecule has 14 heavy (non-hydrogen) atoms. The van der Waals surface area contributed by atoms with Crippen molar-refractivity contribution in [3.63, 3.8) is 0 Å². The topological polar surface area (TPSA) is 32.3 Å². The van der Waals surface area contributed by atoms with Crippen molar-refractivity contribution in [1.82, 2.24) is 5.32 Å². The molecule has 0 amide bonds. The lowest BCUT2D eigenvalue weighted by atomic mass is 10.2. The van der Waals surface area contributed by atoms with Gasteiger partial charge >= 0.3 is 0 Å². The molecule has 76 valence electrons. The molecule has 0 bridgehead atoms. The molecule has 0 heterocycles. The standard InChI is InChI=1S/C11H14ClNO/c1-8(2)6-13-7-9-10(12)4-3-5-11(9)14/h3-5,13-14H,1,6-7H2,2H3. The number of hydrogen-bond donors (Lipinski definition) is 2. The lowest BCUT2D eigenvalue weighted by molar-refractivity contribution is 0.465. The molecule has 0 saturated heterocycles. The molecule has 0 atom stereocenters. The number of halogens is 1. The van der Waals surface area contributed by atoms with Crippen molar-refractivity contribution in [3.05, 3.63) is 40.9 Å². The molecule has 0 aromatic heterocycles. The summed E-state index contributed by atoms with van der Waals surface area (Å²) in [5.74, 6) is 0.228. The highest BCUT2D eigenvalue weighted by molar-refractivity contribution is 6.31. The van der Waals surface area contributed by atoms with E-state index < -0.39 is 0 Å². The van der Waals surface area contributed by atoms with Gasteiger partial charge in [0.2, 0.25) is 0 Å². The predicted octanol–water partition coefficient (Wildman–Crippen LogP) is 2.71. The van der Waals surface area contributed by atoms with E-state index in [-0.39, 0.29) is 5.75 Å². The third-order valence-electron chi connectivity index (χ3n) is 1.82. The summed E-state index contributed by atoms with van der Waals surface area (Å²) in [7, 11) is 0. The van der Waals surface area contributed by atoms with Gasteiger partial charge in [0.1, 0.15) is 5.75 Å². The summed E-state index contributed by atoms with van der Waals surface area (Å²) in [5, 5.41) is 13.2. The van der Waals surface area contributed by atoms with Crippen LogP contribution in [0.25, 0.3) is 0 Å². The molecule has 0 saturated carbocycles. The van der Waals surface area contributed by atoms with Gasteiger partial charge in [0.15, 0.2) is 0 Å². The lowest BCUT2D eigenvalue weighted by Gasteiger charge is -2.08. The first-order valence-electron chi connectivity index (χ1n) is 4.42. The number of rotatable bonds is 4. The molecule has 1 aromatic rings. The van der Waals surface area contributed by atoms with Crippen molar-refractivity contribution in [2.24, 2.45) is 0 Å². The van der Waals surface area contributed by atoms with Gasteiger partial charge < -0.3 is 10.4 Å². The summed E-state index contributed by atoms with van der Waals surface area (Å²) < 4.78 is 0. The quantitative estimate of drug-likeness (QED) is 0.751. The van der Waals surface area contributed by atoms with E-state index in [4.69, 9.17) is 11.6 Å². The van der Waals surface area contributed by atoms with Crippen LogP contribution < -0.4 is 5.32 Å². The molecule has 1 rings (SSSR count). The van der Waals surface area contributed by atoms with Crippen molar-refractivity contribution in [2.75, 3.05) is 6.54 Å². The Balaban J connectivity index is 2.62. The zero-order valence-corrected chi connectivity index (χ0v) is 8.93. The maximum atomic E-state index is 9.51. The van der Waals surface area contributed by atoms with Crippen LogP contribution in [0.1, 0.15) is 12.5 Å². The SMILES string of the molecule is C=C(C)CNCc1c(O)cccc1Cl. The Kier molecular flexibility index (Phi) is 3.98. The molecule has 0 fully saturated rings. The fourth-order valence-corrected chi connectivity index (χ4v) is 1.36. The highest BCUT2D eigenvalue weighted by Crippen LogP contribution is 2.24. The third-order valence-corrected chi connectivity index (χ3v) is 2.18. The predicted molar refractivity (Wildman–Crippen MR) is 59.6 cm³/mol. The second-order valence-electron chi connectivity index (χ2n) is 3.30. The minimum Gasteiger partial charge on any atom is -0.508 e. The van der Waals surface area contributed by atoms with Crippen molar-refractivity contribution in [2.45, 2.75) is 13.5 Å². The number of aromatic hydroxyl groups is 1. The lowest BCUT2D eigenvalue weighted by Crippen LogP contribution is -2.15. The molecule has 0 aliphatic carbocycles. The average Bonchev–Trinajstić information content (AvgIpc) is 2.09. The summed E-state index contributed by atoms with van der Waals surface area (Å²) in [6.45, 7) is 7.00. The van der Waals surface area contributed by atoms with Crippen LogP contribution in [0.5, 0.6) is 5.75 Å². The molecule has 2 nitrogen and oxygen atoms in total. The van der Waals surface area contributed by atoms with Gasteiger partial charge in [-0.15, -0.1) is 0 Å². The van der Waals surface area contributed by atoms with Gasteiger partial charge in [0, 0.05) is 23.7 Å². The van der Waals surface area contributed by atoms with E-state index in [1.165, 1.54) is 0 Å². The number of phenolic OH excluding ortho intramolecular Hbond substituents is 1. The molecular weight excluding hydrogens is 198 g/mol. The Morgan fingerprint density at radius 2 is 2.29 bits per heavy atom. The van der Waals surface area contributed by atoms with Crippen LogP contribution in [0.2, 0.25) is 5.02 Å². The van der Waals surface area contributed by atoms with E-state index in [0.717, 1.165) is 17.7 Å². The summed E-state index contributed by atoms with van der Waals surface area (Å²) in [6.07, 6.45) is 0. The summed E-state index contributed by atoms with van der Waals surface area (Å²) in [5.41, 5.74) is 1.78. The summed E-state index contributed by atoms with van der Waals surface area (Å²) in [6, 6.07) is 5.11. The van der Waals surface area contributed by atoms with Crippen molar-refractivity contribution in [1.29, 1.82) is 0 Å². The second kappa shape index (κ2) is 5.03. The van der Waals surface area contributed by atoms with E-state index in [2.05, 4.69) is 11.9 Å². The Bertz CT molecular complexity index is 316. The maximum Gasteiger partial charge on any atom is 0.121 e. The van der Waals surface area contributed by atoms with Gasteiger partial charge in [-0.25, -0.2) is 0 Å². The van der Waals surface area contributed by atoms with E-state index >= 15 is 0 Å². The Hall–Kier alpha value is -0.990. The summed E-state index contributed by atoms with van der Waals surface area (Å²) >= 11 is 5.92. The van der Waals surface area contributed by atoms with Gasteiger partial charge in [-0.2, -0.15) is 0 Å². The van der Waals surface area contributed by atoms with Gasteiger partial charge in [-0.3, -0.25) is 0 Å². The largest absolute Gasteiger partial charge is 0.508 e. The van der Waals surface area contributed by atoms with E-state index in [1.807, 2.05) is 6.92 Å². The fourth-order valence-electron chi connectivity index (χ4n) is 1.12. The Morgan fingerprint density at radius 1 is 1.57 bits per heavy atom. The molecule has 0 unspecified atom stereocenters. The number of benzene rings is 1.